The fourth-order valence-corrected chi connectivity index (χ4v) is 3.68. The number of rotatable bonds is 6. The molecule has 2 amide bonds. The van der Waals surface area contributed by atoms with Crippen molar-refractivity contribution in [2.75, 3.05) is 12.4 Å². The third-order valence-corrected chi connectivity index (χ3v) is 5.51. The summed E-state index contributed by atoms with van der Waals surface area (Å²) in [5.74, 6) is 1.04. The van der Waals surface area contributed by atoms with E-state index in [1.54, 1.807) is 22.6 Å². The lowest BCUT2D eigenvalue weighted by Crippen LogP contribution is -2.38. The number of hydrogen-bond donors (Lipinski definition) is 1. The summed E-state index contributed by atoms with van der Waals surface area (Å²) in [6, 6.07) is 14.7. The Kier molecular flexibility index (Phi) is 6.55. The maximum atomic E-state index is 13.0. The molecule has 6 heteroatoms. The van der Waals surface area contributed by atoms with E-state index in [4.69, 9.17) is 4.98 Å². The highest BCUT2D eigenvalue weighted by atomic mass is 16.2. The van der Waals surface area contributed by atoms with Crippen LogP contribution in [-0.2, 0) is 6.54 Å². The van der Waals surface area contributed by atoms with Crippen molar-refractivity contribution in [1.29, 1.82) is 0 Å². The molecule has 6 nitrogen and oxygen atoms in total. The molecule has 0 fully saturated rings. The topological polar surface area (TPSA) is 67.2 Å². The minimum Gasteiger partial charge on any atom is -0.317 e. The fraction of sp³-hybridized carbons (Fsp3) is 0.375. The van der Waals surface area contributed by atoms with Gasteiger partial charge in [0.2, 0.25) is 0 Å². The Morgan fingerprint density at radius 1 is 1.10 bits per heavy atom. The zero-order valence-electron chi connectivity index (χ0n) is 18.3. The molecule has 0 aliphatic rings. The molecule has 30 heavy (non-hydrogen) atoms. The smallest absolute Gasteiger partial charge is 0.317 e. The lowest BCUT2D eigenvalue weighted by molar-refractivity contribution is 0.198. The Bertz CT molecular complexity index is 1090. The van der Waals surface area contributed by atoms with E-state index in [2.05, 4.69) is 19.2 Å². The van der Waals surface area contributed by atoms with Gasteiger partial charge in [-0.3, -0.25) is 9.36 Å². The first-order valence-corrected chi connectivity index (χ1v) is 10.5. The van der Waals surface area contributed by atoms with Gasteiger partial charge in [0.15, 0.2) is 0 Å². The van der Waals surface area contributed by atoms with E-state index in [-0.39, 0.29) is 17.6 Å². The summed E-state index contributed by atoms with van der Waals surface area (Å²) in [6.07, 6.45) is 0.640. The molecular weight excluding hydrogens is 376 g/mol. The molecule has 3 rings (SSSR count). The summed E-state index contributed by atoms with van der Waals surface area (Å²) < 4.78 is 1.66. The highest BCUT2D eigenvalue weighted by molar-refractivity contribution is 5.89. The average molecular weight is 407 g/mol. The fourth-order valence-electron chi connectivity index (χ4n) is 3.68. The Morgan fingerprint density at radius 3 is 2.37 bits per heavy atom. The molecule has 2 aromatic carbocycles. The summed E-state index contributed by atoms with van der Waals surface area (Å²) in [4.78, 5) is 32.3. The maximum absolute atomic E-state index is 13.0. The van der Waals surface area contributed by atoms with Crippen molar-refractivity contribution in [1.82, 2.24) is 14.5 Å². The molecule has 1 unspecified atom stereocenters. The zero-order chi connectivity index (χ0) is 21.8. The van der Waals surface area contributed by atoms with Crippen molar-refractivity contribution >= 4 is 22.6 Å². The van der Waals surface area contributed by atoms with Crippen molar-refractivity contribution < 1.29 is 4.79 Å². The normalized spacial score (nSPS) is 12.2. The van der Waals surface area contributed by atoms with Gasteiger partial charge in [-0.25, -0.2) is 9.78 Å². The summed E-state index contributed by atoms with van der Waals surface area (Å²) in [5, 5.41) is 3.55. The number of fused-ring (bicyclic) bond motifs is 1. The van der Waals surface area contributed by atoms with Crippen LogP contribution < -0.4 is 10.9 Å². The third-order valence-electron chi connectivity index (χ3n) is 5.51. The Balaban J connectivity index is 1.91. The quantitative estimate of drug-likeness (QED) is 0.615. The van der Waals surface area contributed by atoms with Gasteiger partial charge >= 0.3 is 6.03 Å². The summed E-state index contributed by atoms with van der Waals surface area (Å²) >= 11 is 0. The number of nitrogens with one attached hydrogen (secondary N) is 1. The van der Waals surface area contributed by atoms with Gasteiger partial charge in [-0.1, -0.05) is 45.0 Å². The SMILES string of the molecule is CCC(c1nc2ccccc2c(=O)n1CC)N(C)C(=O)Nc1ccc(C(C)C)cc1. The molecule has 0 aliphatic carbocycles. The minimum absolute atomic E-state index is 0.0744. The number of carbonyl (C=O) groups is 1. The monoisotopic (exact) mass is 406 g/mol. The first-order chi connectivity index (χ1) is 14.4. The molecule has 1 N–H and O–H groups in total. The average Bonchev–Trinajstić information content (AvgIpc) is 2.75. The van der Waals surface area contributed by atoms with Crippen LogP contribution in [0.15, 0.2) is 53.3 Å². The largest absolute Gasteiger partial charge is 0.322 e. The predicted molar refractivity (Wildman–Crippen MR) is 122 cm³/mol. The number of benzene rings is 2. The van der Waals surface area contributed by atoms with Gasteiger partial charge in [-0.2, -0.15) is 0 Å². The van der Waals surface area contributed by atoms with E-state index in [1.165, 1.54) is 5.56 Å². The number of para-hydroxylation sites is 1. The van der Waals surface area contributed by atoms with Crippen LogP contribution in [0.2, 0.25) is 0 Å². The highest BCUT2D eigenvalue weighted by Crippen LogP contribution is 2.24. The number of amides is 2. The third kappa shape index (κ3) is 4.22. The first-order valence-electron chi connectivity index (χ1n) is 10.5. The predicted octanol–water partition coefficient (Wildman–Crippen LogP) is 5.15. The number of urea groups is 1. The van der Waals surface area contributed by atoms with Crippen LogP contribution in [0.5, 0.6) is 0 Å². The number of anilines is 1. The van der Waals surface area contributed by atoms with Crippen LogP contribution in [0.3, 0.4) is 0 Å². The molecule has 0 radical (unpaired) electrons. The number of hydrogen-bond acceptors (Lipinski definition) is 3. The number of carbonyl (C=O) groups excluding carboxylic acids is 1. The van der Waals surface area contributed by atoms with E-state index >= 15 is 0 Å². The van der Waals surface area contributed by atoms with E-state index < -0.39 is 0 Å². The van der Waals surface area contributed by atoms with Crippen LogP contribution in [0.1, 0.15) is 57.5 Å². The summed E-state index contributed by atoms with van der Waals surface area (Å²) in [7, 11) is 1.74. The second-order valence-corrected chi connectivity index (χ2v) is 7.78. The Morgan fingerprint density at radius 2 is 1.77 bits per heavy atom. The van der Waals surface area contributed by atoms with Crippen LogP contribution >= 0.6 is 0 Å². The van der Waals surface area contributed by atoms with E-state index in [0.29, 0.717) is 35.6 Å². The zero-order valence-corrected chi connectivity index (χ0v) is 18.3. The van der Waals surface area contributed by atoms with Crippen molar-refractivity contribution in [3.8, 4) is 0 Å². The van der Waals surface area contributed by atoms with Crippen LogP contribution in [0.25, 0.3) is 10.9 Å². The molecule has 1 atom stereocenters. The molecule has 0 spiro atoms. The van der Waals surface area contributed by atoms with Crippen molar-refractivity contribution in [2.45, 2.75) is 52.6 Å². The van der Waals surface area contributed by atoms with Gasteiger partial charge in [0.1, 0.15) is 5.82 Å². The van der Waals surface area contributed by atoms with E-state index in [0.717, 1.165) is 5.69 Å². The summed E-state index contributed by atoms with van der Waals surface area (Å²) in [6.45, 7) is 8.68. The van der Waals surface area contributed by atoms with Gasteiger partial charge in [0, 0.05) is 19.3 Å². The molecule has 3 aromatic rings. The van der Waals surface area contributed by atoms with Crippen molar-refractivity contribution in [3.05, 3.63) is 70.3 Å². The van der Waals surface area contributed by atoms with E-state index in [9.17, 15) is 9.59 Å². The van der Waals surface area contributed by atoms with Gasteiger partial charge in [-0.05, 0) is 49.1 Å². The molecular formula is C24H30N4O2. The van der Waals surface area contributed by atoms with Crippen LogP contribution in [0.4, 0.5) is 10.5 Å². The highest BCUT2D eigenvalue weighted by Gasteiger charge is 2.25. The van der Waals surface area contributed by atoms with E-state index in [1.807, 2.05) is 56.3 Å². The standard InChI is InChI=1S/C24H30N4O2/c1-6-21(22-26-20-11-9-8-10-19(20)23(29)28(22)7-2)27(5)24(30)25-18-14-12-17(13-15-18)16(3)4/h8-16,21H,6-7H2,1-5H3,(H,25,30). The Hall–Kier alpha value is -3.15. The van der Waals surface area contributed by atoms with Crippen LogP contribution in [0, 0.1) is 0 Å². The van der Waals surface area contributed by atoms with Gasteiger partial charge < -0.3 is 10.2 Å². The molecule has 0 aliphatic heterocycles. The minimum atomic E-state index is -0.322. The second-order valence-electron chi connectivity index (χ2n) is 7.78. The molecule has 1 aromatic heterocycles. The van der Waals surface area contributed by atoms with Crippen LogP contribution in [-0.4, -0.2) is 27.5 Å². The first kappa shape index (κ1) is 21.6. The number of aromatic nitrogens is 2. The second kappa shape index (κ2) is 9.11. The van der Waals surface area contributed by atoms with Gasteiger partial charge in [0.05, 0.1) is 16.9 Å². The van der Waals surface area contributed by atoms with Gasteiger partial charge in [0.25, 0.3) is 5.56 Å². The summed E-state index contributed by atoms with van der Waals surface area (Å²) in [5.41, 5.74) is 2.54. The van der Waals surface area contributed by atoms with Gasteiger partial charge in [-0.15, -0.1) is 0 Å². The Labute approximate surface area is 177 Å². The number of nitrogens with zero attached hydrogens (tertiary/aromatic N) is 3. The molecule has 0 bridgehead atoms. The lowest BCUT2D eigenvalue weighted by Gasteiger charge is -2.29. The van der Waals surface area contributed by atoms with Crippen molar-refractivity contribution in [3.63, 3.8) is 0 Å². The molecule has 0 saturated carbocycles. The van der Waals surface area contributed by atoms with Crippen molar-refractivity contribution in [2.24, 2.45) is 0 Å². The molecule has 158 valence electrons. The maximum Gasteiger partial charge on any atom is 0.322 e. The molecule has 1 heterocycles. The lowest BCUT2D eigenvalue weighted by atomic mass is 10.0. The molecule has 0 saturated heterocycles.